The van der Waals surface area contributed by atoms with E-state index in [0.717, 1.165) is 16.8 Å². The van der Waals surface area contributed by atoms with Crippen LogP contribution in [-0.2, 0) is 9.59 Å². The molecule has 1 heterocycles. The van der Waals surface area contributed by atoms with Gasteiger partial charge in [0.15, 0.2) is 0 Å². The minimum absolute atomic E-state index is 0.0765. The predicted octanol–water partition coefficient (Wildman–Crippen LogP) is 1.47. The summed E-state index contributed by atoms with van der Waals surface area (Å²) in [5.41, 5.74) is 2.92. The maximum Gasteiger partial charge on any atom is 0.247 e. The molecule has 0 spiro atoms. The Kier molecular flexibility index (Phi) is 3.91. The summed E-state index contributed by atoms with van der Waals surface area (Å²) < 4.78 is 0. The van der Waals surface area contributed by atoms with E-state index in [4.69, 9.17) is 0 Å². The molecule has 1 aromatic carbocycles. The Balaban J connectivity index is 2.06. The summed E-state index contributed by atoms with van der Waals surface area (Å²) >= 11 is 1.48. The Morgan fingerprint density at radius 2 is 2.22 bits per heavy atom. The van der Waals surface area contributed by atoms with Crippen LogP contribution in [0.15, 0.2) is 18.2 Å². The van der Waals surface area contributed by atoms with Gasteiger partial charge in [-0.1, -0.05) is 12.1 Å². The van der Waals surface area contributed by atoms with Crippen molar-refractivity contribution in [3.8, 4) is 0 Å². The van der Waals surface area contributed by atoms with Crippen LogP contribution in [0.25, 0.3) is 0 Å². The minimum Gasteiger partial charge on any atom is -0.343 e. The molecule has 2 N–H and O–H groups in total. The van der Waals surface area contributed by atoms with Crippen LogP contribution in [-0.4, -0.2) is 29.4 Å². The zero-order chi connectivity index (χ0) is 13.1. The van der Waals surface area contributed by atoms with Crippen molar-refractivity contribution >= 4 is 29.3 Å². The molecule has 4 nitrogen and oxygen atoms in total. The third-order valence-corrected chi connectivity index (χ3v) is 3.86. The second-order valence-electron chi connectivity index (χ2n) is 4.44. The summed E-state index contributed by atoms with van der Waals surface area (Å²) in [7, 11) is 0. The fraction of sp³-hybridized carbons (Fsp3) is 0.385. The number of aryl methyl sites for hydroxylation is 2. The number of benzene rings is 1. The first kappa shape index (κ1) is 13.0. The molecule has 1 atom stereocenters. The molecular formula is C13H16N2O2S. The first-order chi connectivity index (χ1) is 8.56. The monoisotopic (exact) mass is 264 g/mol. The van der Waals surface area contributed by atoms with Crippen LogP contribution in [0.3, 0.4) is 0 Å². The maximum atomic E-state index is 12.0. The quantitative estimate of drug-likeness (QED) is 0.850. The third-order valence-electron chi connectivity index (χ3n) is 2.82. The van der Waals surface area contributed by atoms with Gasteiger partial charge in [-0.2, -0.15) is 0 Å². The van der Waals surface area contributed by atoms with Gasteiger partial charge in [-0.25, -0.2) is 0 Å². The van der Waals surface area contributed by atoms with Crippen molar-refractivity contribution in [1.29, 1.82) is 0 Å². The van der Waals surface area contributed by atoms with E-state index in [1.807, 2.05) is 32.0 Å². The van der Waals surface area contributed by atoms with E-state index in [0.29, 0.717) is 11.5 Å². The molecule has 1 aliphatic heterocycles. The number of thioether (sulfide) groups is 1. The first-order valence-corrected chi connectivity index (χ1v) is 6.97. The minimum atomic E-state index is -0.434. The van der Waals surface area contributed by atoms with E-state index >= 15 is 0 Å². The number of nitrogens with one attached hydrogen (secondary N) is 2. The van der Waals surface area contributed by atoms with Crippen LogP contribution in [0.4, 0.5) is 5.69 Å². The van der Waals surface area contributed by atoms with Gasteiger partial charge < -0.3 is 10.6 Å². The van der Waals surface area contributed by atoms with Crippen molar-refractivity contribution in [2.75, 3.05) is 16.8 Å². The lowest BCUT2D eigenvalue weighted by Crippen LogP contribution is -2.49. The van der Waals surface area contributed by atoms with E-state index in [9.17, 15) is 9.59 Å². The highest BCUT2D eigenvalue weighted by atomic mass is 32.2. The lowest BCUT2D eigenvalue weighted by molar-refractivity contribution is -0.124. The smallest absolute Gasteiger partial charge is 0.247 e. The molecule has 0 aliphatic carbocycles. The largest absolute Gasteiger partial charge is 0.343 e. The van der Waals surface area contributed by atoms with Gasteiger partial charge in [-0.15, -0.1) is 11.8 Å². The molecule has 1 aromatic rings. The van der Waals surface area contributed by atoms with Gasteiger partial charge in [0, 0.05) is 11.4 Å². The average Bonchev–Trinajstić information content (AvgIpc) is 2.34. The molecule has 96 valence electrons. The maximum absolute atomic E-state index is 12.0. The topological polar surface area (TPSA) is 58.2 Å². The molecule has 1 aliphatic rings. The Morgan fingerprint density at radius 1 is 1.44 bits per heavy atom. The van der Waals surface area contributed by atoms with Gasteiger partial charge >= 0.3 is 0 Å². The summed E-state index contributed by atoms with van der Waals surface area (Å²) in [5.74, 6) is 0.840. The summed E-state index contributed by atoms with van der Waals surface area (Å²) in [6, 6.07) is 5.48. The molecule has 1 fully saturated rings. The zero-order valence-corrected chi connectivity index (χ0v) is 11.3. The van der Waals surface area contributed by atoms with Gasteiger partial charge in [-0.3, -0.25) is 9.59 Å². The Hall–Kier alpha value is -1.49. The number of amides is 2. The van der Waals surface area contributed by atoms with Gasteiger partial charge in [0.1, 0.15) is 6.04 Å². The number of carbonyl (C=O) groups is 2. The van der Waals surface area contributed by atoms with Crippen molar-refractivity contribution in [2.45, 2.75) is 19.9 Å². The Bertz CT molecular complexity index is 488. The van der Waals surface area contributed by atoms with Gasteiger partial charge in [0.2, 0.25) is 11.8 Å². The zero-order valence-electron chi connectivity index (χ0n) is 10.4. The van der Waals surface area contributed by atoms with Crippen molar-refractivity contribution in [3.63, 3.8) is 0 Å². The highest BCUT2D eigenvalue weighted by Crippen LogP contribution is 2.17. The fourth-order valence-electron chi connectivity index (χ4n) is 1.78. The Labute approximate surface area is 111 Å². The van der Waals surface area contributed by atoms with Crippen LogP contribution in [0, 0.1) is 13.8 Å². The molecule has 5 heteroatoms. The molecule has 0 bridgehead atoms. The molecule has 1 unspecified atom stereocenters. The van der Waals surface area contributed by atoms with Gasteiger partial charge in [0.05, 0.1) is 5.75 Å². The lowest BCUT2D eigenvalue weighted by Gasteiger charge is -2.22. The summed E-state index contributed by atoms with van der Waals surface area (Å²) in [6.07, 6.45) is 0. The van der Waals surface area contributed by atoms with E-state index in [-0.39, 0.29) is 11.8 Å². The van der Waals surface area contributed by atoms with E-state index in [1.54, 1.807) is 0 Å². The van der Waals surface area contributed by atoms with Crippen LogP contribution in [0.5, 0.6) is 0 Å². The molecule has 1 saturated heterocycles. The number of anilines is 1. The number of hydrogen-bond donors (Lipinski definition) is 2. The third kappa shape index (κ3) is 3.04. The standard InChI is InChI=1S/C13H16N2O2S/c1-8-3-4-9(2)10(5-8)15-13(17)11-6-18-7-12(16)14-11/h3-5,11H,6-7H2,1-2H3,(H,14,16)(H,15,17). The second-order valence-corrected chi connectivity index (χ2v) is 5.47. The predicted molar refractivity (Wildman–Crippen MR) is 73.8 cm³/mol. The van der Waals surface area contributed by atoms with Crippen LogP contribution < -0.4 is 10.6 Å². The molecular weight excluding hydrogens is 248 g/mol. The number of hydrogen-bond acceptors (Lipinski definition) is 3. The van der Waals surface area contributed by atoms with Gasteiger partial charge in [-0.05, 0) is 31.0 Å². The van der Waals surface area contributed by atoms with Crippen LogP contribution in [0.2, 0.25) is 0 Å². The fourth-order valence-corrected chi connectivity index (χ4v) is 2.64. The van der Waals surface area contributed by atoms with Crippen molar-refractivity contribution in [1.82, 2.24) is 5.32 Å². The van der Waals surface area contributed by atoms with E-state index in [2.05, 4.69) is 10.6 Å². The molecule has 2 rings (SSSR count). The van der Waals surface area contributed by atoms with E-state index in [1.165, 1.54) is 11.8 Å². The first-order valence-electron chi connectivity index (χ1n) is 5.81. The molecule has 0 aromatic heterocycles. The SMILES string of the molecule is Cc1ccc(C)c(NC(=O)C2CSCC(=O)N2)c1. The van der Waals surface area contributed by atoms with Crippen molar-refractivity contribution < 1.29 is 9.59 Å². The number of rotatable bonds is 2. The highest BCUT2D eigenvalue weighted by Gasteiger charge is 2.25. The summed E-state index contributed by atoms with van der Waals surface area (Å²) in [4.78, 5) is 23.3. The van der Waals surface area contributed by atoms with Crippen molar-refractivity contribution in [3.05, 3.63) is 29.3 Å². The van der Waals surface area contributed by atoms with E-state index < -0.39 is 6.04 Å². The molecule has 2 amide bonds. The lowest BCUT2D eigenvalue weighted by atomic mass is 10.1. The summed E-state index contributed by atoms with van der Waals surface area (Å²) in [6.45, 7) is 3.93. The molecule has 0 saturated carbocycles. The van der Waals surface area contributed by atoms with Gasteiger partial charge in [0.25, 0.3) is 0 Å². The highest BCUT2D eigenvalue weighted by molar-refractivity contribution is 8.00. The normalized spacial score (nSPS) is 19.2. The summed E-state index contributed by atoms with van der Waals surface area (Å²) in [5, 5.41) is 5.57. The van der Waals surface area contributed by atoms with Crippen molar-refractivity contribution in [2.24, 2.45) is 0 Å². The Morgan fingerprint density at radius 3 is 2.94 bits per heavy atom. The second kappa shape index (κ2) is 5.44. The van der Waals surface area contributed by atoms with Crippen LogP contribution >= 0.6 is 11.8 Å². The van der Waals surface area contributed by atoms with Crippen LogP contribution in [0.1, 0.15) is 11.1 Å². The molecule has 0 radical (unpaired) electrons. The number of carbonyl (C=O) groups excluding carboxylic acids is 2. The average molecular weight is 264 g/mol. The molecule has 18 heavy (non-hydrogen) atoms.